The molecule has 1 N–H and O–H groups in total. The lowest BCUT2D eigenvalue weighted by Gasteiger charge is -2.36. The minimum absolute atomic E-state index is 0.0619. The maximum absolute atomic E-state index is 12.9. The van der Waals surface area contributed by atoms with Gasteiger partial charge in [-0.2, -0.15) is 0 Å². The molecule has 2 heterocycles. The monoisotopic (exact) mass is 387 g/mol. The van der Waals surface area contributed by atoms with Crippen molar-refractivity contribution in [2.45, 2.75) is 64.5 Å². The van der Waals surface area contributed by atoms with Crippen LogP contribution in [-0.2, 0) is 17.8 Å². The molecule has 0 saturated heterocycles. The first-order chi connectivity index (χ1) is 12.3. The van der Waals surface area contributed by atoms with Gasteiger partial charge in [-0.25, -0.2) is 13.8 Å². The fraction of sp³-hybridized carbons (Fsp3) is 0.778. The quantitative estimate of drug-likeness (QED) is 0.744. The van der Waals surface area contributed by atoms with Crippen molar-refractivity contribution < 1.29 is 18.3 Å². The lowest BCUT2D eigenvalue weighted by atomic mass is 9.77. The lowest BCUT2D eigenvalue weighted by molar-refractivity contribution is -0.120. The molecule has 1 saturated carbocycles. The van der Waals surface area contributed by atoms with Gasteiger partial charge in [0, 0.05) is 37.9 Å². The third-order valence-corrected chi connectivity index (χ3v) is 6.04. The van der Waals surface area contributed by atoms with Gasteiger partial charge in [0.1, 0.15) is 0 Å². The molecule has 1 aliphatic carbocycles. The number of thiazole rings is 1. The lowest BCUT2D eigenvalue weighted by Crippen LogP contribution is -2.43. The Kier molecular flexibility index (Phi) is 6.12. The summed E-state index contributed by atoms with van der Waals surface area (Å²) < 4.78 is 30.9. The summed E-state index contributed by atoms with van der Waals surface area (Å²) in [5, 5.41) is 3.32. The van der Waals surface area contributed by atoms with E-state index in [0.29, 0.717) is 11.2 Å². The molecule has 1 fully saturated rings. The van der Waals surface area contributed by atoms with Gasteiger partial charge in [-0.1, -0.05) is 11.3 Å². The number of rotatable bonds is 8. The van der Waals surface area contributed by atoms with E-state index in [-0.39, 0.29) is 5.91 Å². The normalized spacial score (nSPS) is 23.2. The number of aromatic nitrogens is 1. The number of halogens is 2. The van der Waals surface area contributed by atoms with E-state index in [1.165, 1.54) is 17.8 Å². The Bertz CT molecular complexity index is 626. The number of amides is 1. The second-order valence-electron chi connectivity index (χ2n) is 7.61. The molecule has 0 radical (unpaired) electrons. The van der Waals surface area contributed by atoms with E-state index in [9.17, 15) is 13.6 Å². The molecule has 0 aromatic carbocycles. The first-order valence-electron chi connectivity index (χ1n) is 9.27. The van der Waals surface area contributed by atoms with Gasteiger partial charge in [0.25, 0.3) is 11.1 Å². The summed E-state index contributed by atoms with van der Waals surface area (Å²) in [5.41, 5.74) is 0.977. The Labute approximate surface area is 157 Å². The van der Waals surface area contributed by atoms with Crippen molar-refractivity contribution in [1.82, 2.24) is 15.2 Å². The van der Waals surface area contributed by atoms with E-state index in [4.69, 9.17) is 4.74 Å². The van der Waals surface area contributed by atoms with E-state index in [1.807, 2.05) is 0 Å². The highest BCUT2D eigenvalue weighted by atomic mass is 32.1. The number of fused-ring (bicyclic) bond motifs is 1. The van der Waals surface area contributed by atoms with Crippen LogP contribution >= 0.6 is 11.3 Å². The van der Waals surface area contributed by atoms with Crippen LogP contribution in [0.4, 0.5) is 8.78 Å². The van der Waals surface area contributed by atoms with Gasteiger partial charge >= 0.3 is 0 Å². The van der Waals surface area contributed by atoms with Crippen molar-refractivity contribution in [1.29, 1.82) is 0 Å². The second-order valence-corrected chi connectivity index (χ2v) is 8.66. The molecule has 26 heavy (non-hydrogen) atoms. The van der Waals surface area contributed by atoms with E-state index >= 15 is 0 Å². The highest BCUT2D eigenvalue weighted by Crippen LogP contribution is 2.33. The van der Waals surface area contributed by atoms with Crippen LogP contribution in [0.25, 0.3) is 0 Å². The first-order valence-corrected chi connectivity index (χ1v) is 10.1. The molecular weight excluding hydrogens is 360 g/mol. The number of nitrogens with one attached hydrogen (secondary N) is 1. The zero-order valence-corrected chi connectivity index (χ0v) is 16.2. The average molecular weight is 387 g/mol. The largest absolute Gasteiger partial charge is 0.464 e. The van der Waals surface area contributed by atoms with Crippen LogP contribution in [-0.4, -0.2) is 47.5 Å². The topological polar surface area (TPSA) is 54.5 Å². The molecule has 5 nitrogen and oxygen atoms in total. The average Bonchev–Trinajstić information content (AvgIpc) is 2.91. The van der Waals surface area contributed by atoms with Crippen LogP contribution in [0.15, 0.2) is 0 Å². The van der Waals surface area contributed by atoms with Gasteiger partial charge in [-0.3, -0.25) is 9.69 Å². The number of hydrogen-bond donors (Lipinski definition) is 1. The summed E-state index contributed by atoms with van der Waals surface area (Å²) in [7, 11) is 0. The van der Waals surface area contributed by atoms with Crippen LogP contribution in [0.5, 0.6) is 5.19 Å². The standard InChI is InChI=1S/C18H27F2N3O2S/c1-12(24)21-14-8-13(9-14)4-3-6-23-7-5-16-15(10-23)22-17(26-16)25-11-18(2,19)20/h13-14H,3-11H2,1-2H3,(H,21,24)/t13-,14+. The molecule has 2 aliphatic rings. The molecule has 0 spiro atoms. The third-order valence-electron chi connectivity index (χ3n) is 4.97. The Morgan fingerprint density at radius 2 is 2.23 bits per heavy atom. The number of carbonyl (C=O) groups excluding carboxylic acids is 1. The van der Waals surface area contributed by atoms with Gasteiger partial charge < -0.3 is 10.1 Å². The number of hydrogen-bond acceptors (Lipinski definition) is 5. The zero-order chi connectivity index (χ0) is 18.7. The van der Waals surface area contributed by atoms with E-state index < -0.39 is 12.5 Å². The minimum Gasteiger partial charge on any atom is -0.464 e. The molecule has 1 aliphatic heterocycles. The number of carbonyl (C=O) groups is 1. The smallest absolute Gasteiger partial charge is 0.278 e. The van der Waals surface area contributed by atoms with E-state index in [0.717, 1.165) is 68.7 Å². The predicted octanol–water partition coefficient (Wildman–Crippen LogP) is 3.23. The fourth-order valence-corrected chi connectivity index (χ4v) is 4.56. The van der Waals surface area contributed by atoms with Gasteiger partial charge in [-0.05, 0) is 44.6 Å². The van der Waals surface area contributed by atoms with Crippen LogP contribution in [0, 0.1) is 5.92 Å². The predicted molar refractivity (Wildman–Crippen MR) is 96.8 cm³/mol. The molecule has 0 atom stereocenters. The Hall–Kier alpha value is -1.28. The van der Waals surface area contributed by atoms with E-state index in [2.05, 4.69) is 15.2 Å². The van der Waals surface area contributed by atoms with Crippen LogP contribution in [0.2, 0.25) is 0 Å². The highest BCUT2D eigenvalue weighted by Gasteiger charge is 2.29. The Balaban J connectivity index is 1.36. The van der Waals surface area contributed by atoms with Crippen LogP contribution < -0.4 is 10.1 Å². The zero-order valence-electron chi connectivity index (χ0n) is 15.4. The van der Waals surface area contributed by atoms with Gasteiger partial charge in [0.15, 0.2) is 6.61 Å². The summed E-state index contributed by atoms with van der Waals surface area (Å²) in [6, 6.07) is 0.374. The summed E-state index contributed by atoms with van der Waals surface area (Å²) in [4.78, 5) is 18.9. The molecule has 0 unspecified atom stereocenters. The summed E-state index contributed by atoms with van der Waals surface area (Å²) in [6.07, 6.45) is 5.43. The molecule has 8 heteroatoms. The summed E-state index contributed by atoms with van der Waals surface area (Å²) in [6.45, 7) is 4.59. The molecule has 0 bridgehead atoms. The highest BCUT2D eigenvalue weighted by molar-refractivity contribution is 7.13. The molecule has 1 aromatic heterocycles. The van der Waals surface area contributed by atoms with E-state index in [1.54, 1.807) is 6.92 Å². The first kappa shape index (κ1) is 19.5. The third kappa shape index (κ3) is 5.61. The van der Waals surface area contributed by atoms with Gasteiger partial charge in [0.05, 0.1) is 5.69 Å². The minimum atomic E-state index is -2.83. The molecule has 3 rings (SSSR count). The van der Waals surface area contributed by atoms with Crippen molar-refractivity contribution >= 4 is 17.2 Å². The second kappa shape index (κ2) is 8.17. The number of ether oxygens (including phenoxy) is 1. The van der Waals surface area contributed by atoms with Crippen LogP contribution in [0.3, 0.4) is 0 Å². The molecular formula is C18H27F2N3O2S. The fourth-order valence-electron chi connectivity index (χ4n) is 3.65. The Morgan fingerprint density at radius 3 is 2.92 bits per heavy atom. The van der Waals surface area contributed by atoms with Gasteiger partial charge in [0.2, 0.25) is 5.91 Å². The molecule has 1 amide bonds. The number of nitrogens with zero attached hydrogens (tertiary/aromatic N) is 2. The van der Waals surface area contributed by atoms with Gasteiger partial charge in [-0.15, -0.1) is 0 Å². The molecule has 146 valence electrons. The maximum Gasteiger partial charge on any atom is 0.278 e. The van der Waals surface area contributed by atoms with Crippen molar-refractivity contribution in [3.63, 3.8) is 0 Å². The van der Waals surface area contributed by atoms with Crippen molar-refractivity contribution in [3.05, 3.63) is 10.6 Å². The summed E-state index contributed by atoms with van der Waals surface area (Å²) >= 11 is 1.40. The van der Waals surface area contributed by atoms with Crippen molar-refractivity contribution in [2.24, 2.45) is 5.92 Å². The maximum atomic E-state index is 12.9. The number of alkyl halides is 2. The Morgan fingerprint density at radius 1 is 1.46 bits per heavy atom. The van der Waals surface area contributed by atoms with Crippen molar-refractivity contribution in [2.75, 3.05) is 19.7 Å². The van der Waals surface area contributed by atoms with Crippen LogP contribution in [0.1, 0.15) is 50.1 Å². The molecule has 1 aromatic rings. The SMILES string of the molecule is CC(=O)N[C@H]1C[C@@H](CCCN2CCc3sc(OCC(C)(F)F)nc3C2)C1. The van der Waals surface area contributed by atoms with Crippen molar-refractivity contribution in [3.8, 4) is 5.19 Å². The summed E-state index contributed by atoms with van der Waals surface area (Å²) in [5.74, 6) is -2.05.